The summed E-state index contributed by atoms with van der Waals surface area (Å²) >= 11 is 0. The first kappa shape index (κ1) is 11.9. The Labute approximate surface area is 89.6 Å². The second-order valence-electron chi connectivity index (χ2n) is 4.65. The maximum atomic E-state index is 12.3. The fraction of sp³-hybridized carbons (Fsp3) is 0.385. The molecule has 1 rings (SSSR count). The topological polar surface area (TPSA) is 0 Å². The number of hydrogen-bond acceptors (Lipinski definition) is 0. The van der Waals surface area contributed by atoms with Gasteiger partial charge in [-0.05, 0) is 16.5 Å². The van der Waals surface area contributed by atoms with Gasteiger partial charge in [-0.1, -0.05) is 51.6 Å². The highest BCUT2D eigenvalue weighted by molar-refractivity contribution is 5.65. The van der Waals surface area contributed by atoms with Gasteiger partial charge < -0.3 is 0 Å². The molecule has 0 bridgehead atoms. The van der Waals surface area contributed by atoms with Gasteiger partial charge in [-0.25, -0.2) is 8.78 Å². The van der Waals surface area contributed by atoms with Gasteiger partial charge in [0.2, 0.25) is 0 Å². The van der Waals surface area contributed by atoms with Crippen LogP contribution < -0.4 is 0 Å². The van der Waals surface area contributed by atoms with Gasteiger partial charge in [0.15, 0.2) is 0 Å². The van der Waals surface area contributed by atoms with Crippen molar-refractivity contribution >= 4 is 5.57 Å². The fourth-order valence-electron chi connectivity index (χ4n) is 1.31. The van der Waals surface area contributed by atoms with E-state index in [0.717, 1.165) is 5.56 Å². The SMILES string of the molecule is C=C(c1ccc(C(C)(C)C)cc1)C(F)F. The summed E-state index contributed by atoms with van der Waals surface area (Å²) in [4.78, 5) is 0. The third kappa shape index (κ3) is 2.88. The lowest BCUT2D eigenvalue weighted by Crippen LogP contribution is -2.10. The Morgan fingerprint density at radius 2 is 1.60 bits per heavy atom. The molecule has 0 saturated heterocycles. The van der Waals surface area contributed by atoms with E-state index in [9.17, 15) is 8.78 Å². The van der Waals surface area contributed by atoms with Crippen LogP contribution in [0.4, 0.5) is 8.78 Å². The first-order chi connectivity index (χ1) is 6.82. The van der Waals surface area contributed by atoms with E-state index in [1.807, 2.05) is 12.1 Å². The molecule has 0 unspecified atom stereocenters. The number of hydrogen-bond donors (Lipinski definition) is 0. The lowest BCUT2D eigenvalue weighted by atomic mass is 9.86. The highest BCUT2D eigenvalue weighted by Gasteiger charge is 2.15. The van der Waals surface area contributed by atoms with E-state index in [-0.39, 0.29) is 11.0 Å². The van der Waals surface area contributed by atoms with Gasteiger partial charge in [-0.15, -0.1) is 0 Å². The van der Waals surface area contributed by atoms with Gasteiger partial charge in [-0.2, -0.15) is 0 Å². The molecule has 0 fully saturated rings. The minimum Gasteiger partial charge on any atom is -0.205 e. The van der Waals surface area contributed by atoms with Crippen molar-refractivity contribution < 1.29 is 8.78 Å². The molecule has 0 aliphatic heterocycles. The average molecular weight is 210 g/mol. The van der Waals surface area contributed by atoms with Crippen molar-refractivity contribution in [2.24, 2.45) is 0 Å². The highest BCUT2D eigenvalue weighted by Crippen LogP contribution is 2.25. The van der Waals surface area contributed by atoms with Crippen molar-refractivity contribution in [1.82, 2.24) is 0 Å². The van der Waals surface area contributed by atoms with E-state index in [0.29, 0.717) is 5.56 Å². The van der Waals surface area contributed by atoms with Crippen LogP contribution in [0.25, 0.3) is 5.57 Å². The van der Waals surface area contributed by atoms with Crippen LogP contribution in [-0.4, -0.2) is 6.43 Å². The molecule has 0 heterocycles. The Morgan fingerprint density at radius 1 is 1.13 bits per heavy atom. The molecule has 0 N–H and O–H groups in total. The van der Waals surface area contributed by atoms with Crippen molar-refractivity contribution in [3.8, 4) is 0 Å². The normalized spacial score (nSPS) is 11.9. The molecule has 1 aromatic carbocycles. The van der Waals surface area contributed by atoms with Crippen molar-refractivity contribution in [1.29, 1.82) is 0 Å². The summed E-state index contributed by atoms with van der Waals surface area (Å²) in [5.74, 6) is 0. The summed E-state index contributed by atoms with van der Waals surface area (Å²) in [7, 11) is 0. The van der Waals surface area contributed by atoms with Gasteiger partial charge in [0.1, 0.15) is 0 Å². The summed E-state index contributed by atoms with van der Waals surface area (Å²) in [6.07, 6.45) is -2.48. The fourth-order valence-corrected chi connectivity index (χ4v) is 1.31. The first-order valence-corrected chi connectivity index (χ1v) is 4.90. The van der Waals surface area contributed by atoms with Gasteiger partial charge >= 0.3 is 0 Å². The van der Waals surface area contributed by atoms with Crippen molar-refractivity contribution in [3.63, 3.8) is 0 Å². The quantitative estimate of drug-likeness (QED) is 0.684. The predicted octanol–water partition coefficient (Wildman–Crippen LogP) is 4.26. The van der Waals surface area contributed by atoms with Gasteiger partial charge in [0.05, 0.1) is 0 Å². The second-order valence-corrected chi connectivity index (χ2v) is 4.65. The van der Waals surface area contributed by atoms with Crippen LogP contribution in [0.2, 0.25) is 0 Å². The smallest absolute Gasteiger partial charge is 0.205 e. The summed E-state index contributed by atoms with van der Waals surface area (Å²) in [5.41, 5.74) is 1.58. The number of benzene rings is 1. The molecule has 0 radical (unpaired) electrons. The van der Waals surface area contributed by atoms with Gasteiger partial charge in [-0.3, -0.25) is 0 Å². The minimum absolute atomic E-state index is 0.0463. The molecule has 0 atom stereocenters. The molecule has 0 amide bonds. The Hall–Kier alpha value is -1.18. The van der Waals surface area contributed by atoms with E-state index in [1.54, 1.807) is 12.1 Å². The van der Waals surface area contributed by atoms with E-state index < -0.39 is 6.43 Å². The highest BCUT2D eigenvalue weighted by atomic mass is 19.3. The molecular formula is C13H16F2. The van der Waals surface area contributed by atoms with Crippen LogP contribution in [0.3, 0.4) is 0 Å². The standard InChI is InChI=1S/C13H16F2/c1-9(12(14)15)10-5-7-11(8-6-10)13(2,3)4/h5-8,12H,1H2,2-4H3. The Morgan fingerprint density at radius 3 is 1.93 bits per heavy atom. The molecule has 2 heteroatoms. The summed E-state index contributed by atoms with van der Waals surface area (Å²) < 4.78 is 24.7. The van der Waals surface area contributed by atoms with Crippen molar-refractivity contribution in [2.75, 3.05) is 0 Å². The molecule has 0 aliphatic rings. The zero-order valence-electron chi connectivity index (χ0n) is 9.35. The largest absolute Gasteiger partial charge is 0.263 e. The lowest BCUT2D eigenvalue weighted by molar-refractivity contribution is 0.215. The number of alkyl halides is 2. The van der Waals surface area contributed by atoms with E-state index >= 15 is 0 Å². The molecule has 0 aromatic heterocycles. The zero-order valence-corrected chi connectivity index (χ0v) is 9.35. The zero-order chi connectivity index (χ0) is 11.6. The molecule has 0 spiro atoms. The van der Waals surface area contributed by atoms with Crippen LogP contribution in [-0.2, 0) is 5.41 Å². The second kappa shape index (κ2) is 4.13. The molecule has 1 aromatic rings. The first-order valence-electron chi connectivity index (χ1n) is 4.90. The summed E-state index contributed by atoms with van der Waals surface area (Å²) in [5, 5.41) is 0. The molecule has 82 valence electrons. The Kier molecular flexibility index (Phi) is 3.28. The van der Waals surface area contributed by atoms with E-state index in [4.69, 9.17) is 0 Å². The molecule has 15 heavy (non-hydrogen) atoms. The lowest BCUT2D eigenvalue weighted by Gasteiger charge is -2.19. The minimum atomic E-state index is -2.48. The number of rotatable bonds is 2. The number of allylic oxidation sites excluding steroid dienone is 1. The van der Waals surface area contributed by atoms with Gasteiger partial charge in [0.25, 0.3) is 6.43 Å². The Bertz CT molecular complexity index is 342. The van der Waals surface area contributed by atoms with Crippen molar-refractivity contribution in [3.05, 3.63) is 42.0 Å². The summed E-state index contributed by atoms with van der Waals surface area (Å²) in [6, 6.07) is 7.16. The third-order valence-corrected chi connectivity index (χ3v) is 2.39. The molecule has 0 nitrogen and oxygen atoms in total. The third-order valence-electron chi connectivity index (χ3n) is 2.39. The Balaban J connectivity index is 2.96. The van der Waals surface area contributed by atoms with Crippen LogP contribution in [0.15, 0.2) is 30.8 Å². The molecule has 0 saturated carbocycles. The van der Waals surface area contributed by atoms with Crippen LogP contribution in [0.1, 0.15) is 31.9 Å². The van der Waals surface area contributed by atoms with Crippen LogP contribution >= 0.6 is 0 Å². The number of halogens is 2. The van der Waals surface area contributed by atoms with Crippen molar-refractivity contribution in [2.45, 2.75) is 32.6 Å². The average Bonchev–Trinajstić information content (AvgIpc) is 2.15. The maximum absolute atomic E-state index is 12.3. The van der Waals surface area contributed by atoms with E-state index in [1.165, 1.54) is 0 Å². The van der Waals surface area contributed by atoms with Crippen LogP contribution in [0.5, 0.6) is 0 Å². The predicted molar refractivity (Wildman–Crippen MR) is 60.2 cm³/mol. The molecular weight excluding hydrogens is 194 g/mol. The maximum Gasteiger partial charge on any atom is 0.263 e. The molecule has 0 aliphatic carbocycles. The summed E-state index contributed by atoms with van der Waals surface area (Å²) in [6.45, 7) is 9.63. The van der Waals surface area contributed by atoms with Crippen LogP contribution in [0, 0.1) is 0 Å². The monoisotopic (exact) mass is 210 g/mol. The van der Waals surface area contributed by atoms with Gasteiger partial charge in [0, 0.05) is 5.57 Å². The van der Waals surface area contributed by atoms with E-state index in [2.05, 4.69) is 27.4 Å².